The standard InChI is InChI=1S/C14H10F17NO2S/c1-3-5-32(6-4-2)35(33,34)14(30,31)12(25,26)10(21,22)8(17,18)7(15,16)9(19,20)11(23,24)13(27,28)29/h3-4H,1-2,5-6H2. The lowest BCUT2D eigenvalue weighted by Crippen LogP contribution is -2.75. The molecule has 0 aromatic heterocycles. The summed E-state index contributed by atoms with van der Waals surface area (Å²) in [6, 6.07) is 0. The van der Waals surface area contributed by atoms with Gasteiger partial charge in [-0.1, -0.05) is 12.2 Å². The summed E-state index contributed by atoms with van der Waals surface area (Å²) < 4.78 is 247. The van der Waals surface area contributed by atoms with Gasteiger partial charge in [0.15, 0.2) is 0 Å². The zero-order chi connectivity index (χ0) is 28.9. The van der Waals surface area contributed by atoms with Crippen LogP contribution < -0.4 is 0 Å². The van der Waals surface area contributed by atoms with E-state index in [0.717, 1.165) is 0 Å². The molecular weight excluding hydrogens is 569 g/mol. The first-order chi connectivity index (χ1) is 15.0. The molecular formula is C14H10F17NO2S. The zero-order valence-corrected chi connectivity index (χ0v) is 16.9. The fourth-order valence-electron chi connectivity index (χ4n) is 2.03. The highest BCUT2D eigenvalue weighted by molar-refractivity contribution is 7.90. The minimum absolute atomic E-state index is 0.329. The van der Waals surface area contributed by atoms with Crippen LogP contribution >= 0.6 is 0 Å². The van der Waals surface area contributed by atoms with Crippen LogP contribution in [0.2, 0.25) is 0 Å². The number of hydrogen-bond acceptors (Lipinski definition) is 2. The van der Waals surface area contributed by atoms with E-state index in [-0.39, 0.29) is 0 Å². The Morgan fingerprint density at radius 2 is 0.771 bits per heavy atom. The van der Waals surface area contributed by atoms with Gasteiger partial charge in [-0.05, 0) is 0 Å². The van der Waals surface area contributed by atoms with Gasteiger partial charge in [-0.2, -0.15) is 78.9 Å². The van der Waals surface area contributed by atoms with Gasteiger partial charge in [-0.3, -0.25) is 0 Å². The van der Waals surface area contributed by atoms with E-state index in [1.54, 1.807) is 0 Å². The highest BCUT2D eigenvalue weighted by Crippen LogP contribution is 2.64. The van der Waals surface area contributed by atoms with E-state index in [2.05, 4.69) is 13.2 Å². The largest absolute Gasteiger partial charge is 0.460 e. The molecule has 0 heterocycles. The van der Waals surface area contributed by atoms with Crippen molar-refractivity contribution in [3.63, 3.8) is 0 Å². The monoisotopic (exact) mass is 579 g/mol. The molecule has 0 rings (SSSR count). The van der Waals surface area contributed by atoms with Crippen LogP contribution in [0.25, 0.3) is 0 Å². The van der Waals surface area contributed by atoms with Crippen molar-refractivity contribution >= 4 is 10.0 Å². The molecule has 0 aromatic rings. The van der Waals surface area contributed by atoms with E-state index in [4.69, 9.17) is 0 Å². The van der Waals surface area contributed by atoms with Crippen molar-refractivity contribution in [2.45, 2.75) is 47.0 Å². The van der Waals surface area contributed by atoms with E-state index in [0.29, 0.717) is 12.2 Å². The van der Waals surface area contributed by atoms with E-state index < -0.39 is 74.4 Å². The van der Waals surface area contributed by atoms with Gasteiger partial charge in [0.1, 0.15) is 0 Å². The van der Waals surface area contributed by atoms with Crippen LogP contribution in [0.4, 0.5) is 74.6 Å². The summed E-state index contributed by atoms with van der Waals surface area (Å²) in [4.78, 5) is 0. The third-order valence-electron chi connectivity index (χ3n) is 4.02. The van der Waals surface area contributed by atoms with Crippen molar-refractivity contribution in [1.82, 2.24) is 4.31 Å². The number of rotatable bonds is 12. The maximum absolute atomic E-state index is 14.0. The summed E-state index contributed by atoms with van der Waals surface area (Å²) in [6.45, 7) is 2.56. The van der Waals surface area contributed by atoms with E-state index >= 15 is 0 Å². The second kappa shape index (κ2) is 8.94. The van der Waals surface area contributed by atoms with Crippen molar-refractivity contribution in [2.24, 2.45) is 0 Å². The van der Waals surface area contributed by atoms with Crippen LogP contribution in [0.1, 0.15) is 0 Å². The summed E-state index contributed by atoms with van der Waals surface area (Å²) in [5.74, 6) is -51.7. The molecule has 0 atom stereocenters. The molecule has 3 nitrogen and oxygen atoms in total. The van der Waals surface area contributed by atoms with Crippen molar-refractivity contribution in [2.75, 3.05) is 13.1 Å². The maximum atomic E-state index is 14.0. The van der Waals surface area contributed by atoms with Crippen LogP contribution in [0.3, 0.4) is 0 Å². The predicted octanol–water partition coefficient (Wildman–Crippen LogP) is 5.96. The minimum atomic E-state index is -8.86. The molecule has 21 heteroatoms. The fourth-order valence-corrected chi connectivity index (χ4v) is 3.41. The molecule has 0 unspecified atom stereocenters. The normalized spacial score (nSPS) is 15.9. The average molecular weight is 579 g/mol. The van der Waals surface area contributed by atoms with Crippen LogP contribution in [0.15, 0.2) is 25.3 Å². The van der Waals surface area contributed by atoms with Crippen molar-refractivity contribution in [1.29, 1.82) is 0 Å². The predicted molar refractivity (Wildman–Crippen MR) is 81.6 cm³/mol. The van der Waals surface area contributed by atoms with E-state index in [9.17, 15) is 83.1 Å². The number of hydrogen-bond donors (Lipinski definition) is 0. The molecule has 35 heavy (non-hydrogen) atoms. The Bertz CT molecular complexity index is 896. The molecule has 0 saturated carbocycles. The highest BCUT2D eigenvalue weighted by Gasteiger charge is 2.96. The first-order valence-corrected chi connectivity index (χ1v) is 9.39. The molecule has 0 aliphatic rings. The smallest absolute Gasteiger partial charge is 0.206 e. The fraction of sp³-hybridized carbons (Fsp3) is 0.714. The Hall–Kier alpha value is -1.80. The third-order valence-corrected chi connectivity index (χ3v) is 5.90. The number of sulfonamides is 1. The molecule has 0 aliphatic heterocycles. The average Bonchev–Trinajstić information content (AvgIpc) is 2.65. The minimum Gasteiger partial charge on any atom is -0.206 e. The molecule has 0 bridgehead atoms. The number of nitrogens with zero attached hydrogens (tertiary/aromatic N) is 1. The Morgan fingerprint density at radius 1 is 0.514 bits per heavy atom. The molecule has 0 fully saturated rings. The molecule has 0 spiro atoms. The quantitative estimate of drug-likeness (QED) is 0.212. The first-order valence-electron chi connectivity index (χ1n) is 7.95. The Balaban J connectivity index is 7.07. The van der Waals surface area contributed by atoms with Crippen LogP contribution in [0, 0.1) is 0 Å². The van der Waals surface area contributed by atoms with E-state index in [1.165, 1.54) is 0 Å². The number of alkyl halides is 17. The third kappa shape index (κ3) is 4.35. The zero-order valence-electron chi connectivity index (χ0n) is 16.1. The topological polar surface area (TPSA) is 37.4 Å². The van der Waals surface area contributed by atoms with Gasteiger partial charge in [0.25, 0.3) is 10.0 Å². The molecule has 0 N–H and O–H groups in total. The van der Waals surface area contributed by atoms with Crippen molar-refractivity contribution in [3.05, 3.63) is 25.3 Å². The lowest BCUT2D eigenvalue weighted by Gasteiger charge is -2.42. The van der Waals surface area contributed by atoms with Crippen molar-refractivity contribution < 1.29 is 83.1 Å². The molecule has 0 radical (unpaired) electrons. The molecule has 208 valence electrons. The molecule has 0 amide bonds. The maximum Gasteiger partial charge on any atom is 0.460 e. The summed E-state index contributed by atoms with van der Waals surface area (Å²) in [5.41, 5.74) is 0. The van der Waals surface area contributed by atoms with Gasteiger partial charge < -0.3 is 0 Å². The molecule has 0 aromatic carbocycles. The Labute approximate surface area is 183 Å². The van der Waals surface area contributed by atoms with Gasteiger partial charge in [0, 0.05) is 13.1 Å². The molecule has 0 aliphatic carbocycles. The first kappa shape index (κ1) is 33.2. The van der Waals surface area contributed by atoms with Crippen LogP contribution in [-0.2, 0) is 10.0 Å². The Morgan fingerprint density at radius 3 is 1.03 bits per heavy atom. The lowest BCUT2D eigenvalue weighted by atomic mass is 9.91. The summed E-state index contributed by atoms with van der Waals surface area (Å²) >= 11 is 0. The summed E-state index contributed by atoms with van der Waals surface area (Å²) in [7, 11) is -7.33. The highest BCUT2D eigenvalue weighted by atomic mass is 32.2. The van der Waals surface area contributed by atoms with Crippen molar-refractivity contribution in [3.8, 4) is 0 Å². The van der Waals surface area contributed by atoms with E-state index in [1.807, 2.05) is 0 Å². The summed E-state index contributed by atoms with van der Waals surface area (Å²) in [5, 5.41) is -7.59. The van der Waals surface area contributed by atoms with Crippen LogP contribution in [-0.4, -0.2) is 72.8 Å². The molecule has 0 saturated heterocycles. The Kier molecular flexibility index (Phi) is 8.48. The number of halogens is 17. The second-order valence-electron chi connectivity index (χ2n) is 6.36. The second-order valence-corrected chi connectivity index (χ2v) is 8.34. The van der Waals surface area contributed by atoms with Gasteiger partial charge in [0.2, 0.25) is 0 Å². The van der Waals surface area contributed by atoms with Gasteiger partial charge in [0.05, 0.1) is 0 Å². The van der Waals surface area contributed by atoms with Gasteiger partial charge >= 0.3 is 47.0 Å². The SMILES string of the molecule is C=CCN(CC=C)S(=O)(=O)C(F)(F)C(F)(F)C(F)(F)C(F)(F)C(F)(F)C(F)(F)C(F)(F)C(F)(F)F. The summed E-state index contributed by atoms with van der Waals surface area (Å²) in [6.07, 6.45) is -7.22. The van der Waals surface area contributed by atoms with Gasteiger partial charge in [-0.25, -0.2) is 8.42 Å². The lowest BCUT2D eigenvalue weighted by molar-refractivity contribution is -0.458. The van der Waals surface area contributed by atoms with Crippen LogP contribution in [0.5, 0.6) is 0 Å². The van der Waals surface area contributed by atoms with Gasteiger partial charge in [-0.15, -0.1) is 13.2 Å².